The molecule has 5 N–H and O–H groups in total. The van der Waals surface area contributed by atoms with E-state index in [1.165, 1.54) is 0 Å². The van der Waals surface area contributed by atoms with Crippen molar-refractivity contribution in [2.45, 2.75) is 51.5 Å². The van der Waals surface area contributed by atoms with Crippen molar-refractivity contribution in [2.24, 2.45) is 11.7 Å². The highest BCUT2D eigenvalue weighted by Crippen LogP contribution is 2.28. The van der Waals surface area contributed by atoms with Crippen LogP contribution in [0.2, 0.25) is 0 Å². The molecule has 0 amide bonds. The van der Waals surface area contributed by atoms with Crippen molar-refractivity contribution in [2.75, 3.05) is 6.54 Å². The van der Waals surface area contributed by atoms with E-state index < -0.39 is 15.7 Å². The van der Waals surface area contributed by atoms with E-state index in [4.69, 9.17) is 11.1 Å². The first kappa shape index (κ1) is 15.4. The number of amidine groups is 1. The Labute approximate surface area is 109 Å². The zero-order valence-electron chi connectivity index (χ0n) is 11.1. The van der Waals surface area contributed by atoms with Gasteiger partial charge in [0.2, 0.25) is 0 Å². The van der Waals surface area contributed by atoms with Crippen molar-refractivity contribution in [3.63, 3.8) is 0 Å². The van der Waals surface area contributed by atoms with Crippen LogP contribution in [0, 0.1) is 11.3 Å². The molecule has 1 fully saturated rings. The number of nitrogens with two attached hydrogens (primary N) is 1. The lowest BCUT2D eigenvalue weighted by Crippen LogP contribution is -2.60. The first-order valence-corrected chi connectivity index (χ1v) is 7.89. The Morgan fingerprint density at radius 2 is 1.89 bits per heavy atom. The fraction of sp³-hybridized carbons (Fsp3) is 0.909. The Kier molecular flexibility index (Phi) is 5.12. The minimum Gasteiger partial charge on any atom is -0.386 e. The molecule has 0 aromatic carbocycles. The molecule has 1 saturated carbocycles. The highest BCUT2D eigenvalue weighted by atomic mass is 32.2. The summed E-state index contributed by atoms with van der Waals surface area (Å²) in [5.74, 6) is 0.151. The van der Waals surface area contributed by atoms with Crippen LogP contribution in [0.5, 0.6) is 0 Å². The maximum atomic E-state index is 11.9. The average Bonchev–Trinajstić information content (AvgIpc) is 2.27. The molecule has 6 nitrogen and oxygen atoms in total. The van der Waals surface area contributed by atoms with Gasteiger partial charge in [0.25, 0.3) is 10.2 Å². The second-order valence-electron chi connectivity index (χ2n) is 5.40. The Bertz CT molecular complexity index is 386. The molecule has 0 bridgehead atoms. The highest BCUT2D eigenvalue weighted by molar-refractivity contribution is 7.87. The summed E-state index contributed by atoms with van der Waals surface area (Å²) in [6, 6.07) is 0. The third-order valence-electron chi connectivity index (χ3n) is 3.23. The van der Waals surface area contributed by atoms with Crippen molar-refractivity contribution in [3.8, 4) is 0 Å². The van der Waals surface area contributed by atoms with Gasteiger partial charge in [-0.05, 0) is 18.8 Å². The zero-order chi connectivity index (χ0) is 13.8. The quantitative estimate of drug-likeness (QED) is 0.423. The van der Waals surface area contributed by atoms with E-state index in [-0.39, 0.29) is 11.8 Å². The minimum absolute atomic E-state index is 0.0860. The summed E-state index contributed by atoms with van der Waals surface area (Å²) in [5.41, 5.74) is 4.71. The number of nitrogens with one attached hydrogen (secondary N) is 3. The van der Waals surface area contributed by atoms with Gasteiger partial charge in [0.15, 0.2) is 0 Å². The number of rotatable bonds is 6. The lowest BCUT2D eigenvalue weighted by atomic mass is 9.82. The van der Waals surface area contributed by atoms with Crippen molar-refractivity contribution in [1.29, 1.82) is 5.41 Å². The summed E-state index contributed by atoms with van der Waals surface area (Å²) in [6.07, 6.45) is 4.06. The summed E-state index contributed by atoms with van der Waals surface area (Å²) in [6.45, 7) is 4.25. The summed E-state index contributed by atoms with van der Waals surface area (Å²) in [7, 11) is -3.60. The molecule has 0 heterocycles. The van der Waals surface area contributed by atoms with Crippen LogP contribution < -0.4 is 15.2 Å². The summed E-state index contributed by atoms with van der Waals surface area (Å²) in [4.78, 5) is 0. The molecule has 0 aromatic rings. The standard InChI is InChI=1S/C11H24N4O2S/c1-9(2)8-14-18(16,17)15-11(10(12)13)6-4-3-5-7-11/h9,14-15H,3-8H2,1-2H3,(H3,12,13). The molecule has 18 heavy (non-hydrogen) atoms. The molecule has 0 atom stereocenters. The van der Waals surface area contributed by atoms with Gasteiger partial charge < -0.3 is 5.73 Å². The third-order valence-corrected chi connectivity index (χ3v) is 4.44. The van der Waals surface area contributed by atoms with Crippen LogP contribution in [0.1, 0.15) is 46.0 Å². The van der Waals surface area contributed by atoms with Gasteiger partial charge in [-0.15, -0.1) is 0 Å². The molecule has 0 aliphatic heterocycles. The van der Waals surface area contributed by atoms with Crippen LogP contribution in [0.4, 0.5) is 0 Å². The summed E-state index contributed by atoms with van der Waals surface area (Å²) >= 11 is 0. The van der Waals surface area contributed by atoms with Crippen LogP contribution >= 0.6 is 0 Å². The molecular formula is C11H24N4O2S. The summed E-state index contributed by atoms with van der Waals surface area (Å²) < 4.78 is 28.9. The van der Waals surface area contributed by atoms with Crippen molar-refractivity contribution >= 4 is 16.0 Å². The fourth-order valence-corrected chi connectivity index (χ4v) is 3.60. The molecule has 0 radical (unpaired) electrons. The molecule has 1 aliphatic carbocycles. The molecule has 0 saturated heterocycles. The van der Waals surface area contributed by atoms with E-state index in [1.54, 1.807) is 0 Å². The molecule has 1 aliphatic rings. The summed E-state index contributed by atoms with van der Waals surface area (Å²) in [5, 5.41) is 7.66. The van der Waals surface area contributed by atoms with Gasteiger partial charge in [-0.1, -0.05) is 33.1 Å². The van der Waals surface area contributed by atoms with Gasteiger partial charge in [0.1, 0.15) is 5.84 Å². The highest BCUT2D eigenvalue weighted by Gasteiger charge is 2.38. The SMILES string of the molecule is CC(C)CNS(=O)(=O)NC1(C(=N)N)CCCCC1. The molecule has 0 spiro atoms. The van der Waals surface area contributed by atoms with Gasteiger partial charge >= 0.3 is 0 Å². The first-order valence-electron chi connectivity index (χ1n) is 6.40. The first-order chi connectivity index (χ1) is 8.27. The Hall–Kier alpha value is -0.660. The molecular weight excluding hydrogens is 252 g/mol. The third kappa shape index (κ3) is 4.22. The van der Waals surface area contributed by atoms with Crippen LogP contribution in [-0.2, 0) is 10.2 Å². The molecule has 0 aromatic heterocycles. The lowest BCUT2D eigenvalue weighted by molar-refractivity contribution is 0.346. The van der Waals surface area contributed by atoms with Gasteiger partial charge in [0, 0.05) is 6.54 Å². The smallest absolute Gasteiger partial charge is 0.277 e. The van der Waals surface area contributed by atoms with Crippen molar-refractivity contribution in [3.05, 3.63) is 0 Å². The average molecular weight is 276 g/mol. The van der Waals surface area contributed by atoms with E-state index in [9.17, 15) is 8.42 Å². The van der Waals surface area contributed by atoms with Crippen molar-refractivity contribution < 1.29 is 8.42 Å². The topological polar surface area (TPSA) is 108 Å². The monoisotopic (exact) mass is 276 g/mol. The van der Waals surface area contributed by atoms with Crippen molar-refractivity contribution in [1.82, 2.24) is 9.44 Å². The number of hydrogen-bond acceptors (Lipinski definition) is 3. The van der Waals surface area contributed by atoms with Crippen LogP contribution in [0.3, 0.4) is 0 Å². The zero-order valence-corrected chi connectivity index (χ0v) is 11.9. The maximum absolute atomic E-state index is 11.9. The maximum Gasteiger partial charge on any atom is 0.277 e. The Morgan fingerprint density at radius 3 is 2.33 bits per heavy atom. The van der Waals surface area contributed by atoms with E-state index in [0.717, 1.165) is 19.3 Å². The van der Waals surface area contributed by atoms with Crippen LogP contribution in [-0.4, -0.2) is 26.3 Å². The second kappa shape index (κ2) is 5.99. The largest absolute Gasteiger partial charge is 0.386 e. The number of hydrogen-bond donors (Lipinski definition) is 4. The Morgan fingerprint density at radius 1 is 1.33 bits per heavy atom. The van der Waals surface area contributed by atoms with Gasteiger partial charge in [-0.2, -0.15) is 13.1 Å². The second-order valence-corrected chi connectivity index (χ2v) is 6.90. The Balaban J connectivity index is 2.74. The molecule has 1 rings (SSSR count). The van der Waals surface area contributed by atoms with Gasteiger partial charge in [0.05, 0.1) is 5.54 Å². The van der Waals surface area contributed by atoms with E-state index in [0.29, 0.717) is 19.4 Å². The van der Waals surface area contributed by atoms with Gasteiger partial charge in [-0.3, -0.25) is 5.41 Å². The normalized spacial score (nSPS) is 19.9. The molecule has 7 heteroatoms. The van der Waals surface area contributed by atoms with Crippen LogP contribution in [0.15, 0.2) is 0 Å². The van der Waals surface area contributed by atoms with E-state index in [1.807, 2.05) is 13.8 Å². The minimum atomic E-state index is -3.60. The predicted octanol–water partition coefficient (Wildman–Crippen LogP) is 0.705. The van der Waals surface area contributed by atoms with Gasteiger partial charge in [-0.25, -0.2) is 4.72 Å². The van der Waals surface area contributed by atoms with E-state index >= 15 is 0 Å². The predicted molar refractivity (Wildman–Crippen MR) is 72.6 cm³/mol. The van der Waals surface area contributed by atoms with E-state index in [2.05, 4.69) is 9.44 Å². The molecule has 106 valence electrons. The van der Waals surface area contributed by atoms with Crippen LogP contribution in [0.25, 0.3) is 0 Å². The lowest BCUT2D eigenvalue weighted by Gasteiger charge is -2.36. The molecule has 0 unspecified atom stereocenters. The fourth-order valence-electron chi connectivity index (χ4n) is 2.15.